The maximum absolute atomic E-state index is 5.34. The molecule has 12 rings (SSSR count). The predicted molar refractivity (Wildman–Crippen MR) is 245 cm³/mol. The smallest absolute Gasteiger partial charge is 0.160 e. The summed E-state index contributed by atoms with van der Waals surface area (Å²) in [6, 6.07) is 64.3. The number of nitrogens with zero attached hydrogens (tertiary/aromatic N) is 3. The molecule has 1 spiro atoms. The van der Waals surface area contributed by atoms with E-state index in [4.69, 9.17) is 9.97 Å². The first-order valence-corrected chi connectivity index (χ1v) is 20.7. The van der Waals surface area contributed by atoms with Crippen molar-refractivity contribution in [3.63, 3.8) is 0 Å². The normalized spacial score (nSPS) is 16.0. The molecule has 0 radical (unpaired) electrons. The Hall–Kier alpha value is -7.49. The molecule has 0 amide bonds. The van der Waals surface area contributed by atoms with Crippen molar-refractivity contribution in [3.05, 3.63) is 233 Å². The zero-order chi connectivity index (χ0) is 40.0. The van der Waals surface area contributed by atoms with Gasteiger partial charge in [-0.1, -0.05) is 172 Å². The van der Waals surface area contributed by atoms with Crippen LogP contribution in [0.3, 0.4) is 0 Å². The first-order valence-electron chi connectivity index (χ1n) is 20.7. The Bertz CT molecular complexity index is 3220. The molecule has 0 aliphatic heterocycles. The highest BCUT2D eigenvalue weighted by molar-refractivity contribution is 5.95. The quantitative estimate of drug-likeness (QED) is 0.179. The lowest BCUT2D eigenvalue weighted by atomic mass is 9.65. The molecule has 60 heavy (non-hydrogen) atoms. The summed E-state index contributed by atoms with van der Waals surface area (Å²) in [6.45, 7) is 4.75. The SMILES string of the molecule is CC1(C)c2ccccc2-c2cc3c(cc21)-c1ccccc1C31c2ccccc2C=Cc2ccc(-c3cc(-c4ccc(-c5cccnc5)cc4)nc(-c4ccccc4)n3)cc21. The van der Waals surface area contributed by atoms with Crippen LogP contribution in [0.1, 0.15) is 58.4 Å². The van der Waals surface area contributed by atoms with Gasteiger partial charge in [-0.05, 0) is 108 Å². The molecular formula is C57H39N3. The second kappa shape index (κ2) is 13.0. The zero-order valence-electron chi connectivity index (χ0n) is 33.4. The van der Waals surface area contributed by atoms with Crippen LogP contribution in [-0.4, -0.2) is 15.0 Å². The van der Waals surface area contributed by atoms with Gasteiger partial charge >= 0.3 is 0 Å². The summed E-state index contributed by atoms with van der Waals surface area (Å²) < 4.78 is 0. The lowest BCUT2D eigenvalue weighted by Crippen LogP contribution is -2.30. The van der Waals surface area contributed by atoms with E-state index in [1.807, 2.05) is 18.3 Å². The van der Waals surface area contributed by atoms with Crippen molar-refractivity contribution in [2.24, 2.45) is 0 Å². The number of fused-ring (bicyclic) bond motifs is 12. The maximum atomic E-state index is 5.34. The molecule has 0 N–H and O–H groups in total. The first kappa shape index (κ1) is 34.5. The van der Waals surface area contributed by atoms with E-state index >= 15 is 0 Å². The van der Waals surface area contributed by atoms with E-state index < -0.39 is 5.41 Å². The molecule has 3 nitrogen and oxygen atoms in total. The molecular weight excluding hydrogens is 727 g/mol. The van der Waals surface area contributed by atoms with Crippen LogP contribution >= 0.6 is 0 Å². The Morgan fingerprint density at radius 3 is 1.72 bits per heavy atom. The third kappa shape index (κ3) is 4.99. The van der Waals surface area contributed by atoms with Gasteiger partial charge < -0.3 is 0 Å². The average molecular weight is 766 g/mol. The van der Waals surface area contributed by atoms with Gasteiger partial charge in [-0.15, -0.1) is 0 Å². The van der Waals surface area contributed by atoms with Gasteiger partial charge in [0.2, 0.25) is 0 Å². The van der Waals surface area contributed by atoms with Gasteiger partial charge in [-0.3, -0.25) is 4.98 Å². The molecule has 0 fully saturated rings. The van der Waals surface area contributed by atoms with Gasteiger partial charge in [0.1, 0.15) is 0 Å². The van der Waals surface area contributed by atoms with Crippen molar-refractivity contribution in [2.45, 2.75) is 24.7 Å². The van der Waals surface area contributed by atoms with Crippen molar-refractivity contribution < 1.29 is 0 Å². The summed E-state index contributed by atoms with van der Waals surface area (Å²) in [4.78, 5) is 14.9. The Balaban J connectivity index is 1.11. The van der Waals surface area contributed by atoms with Crippen LogP contribution in [0.4, 0.5) is 0 Å². The summed E-state index contributed by atoms with van der Waals surface area (Å²) in [5.74, 6) is 0.697. The van der Waals surface area contributed by atoms with E-state index in [-0.39, 0.29) is 5.41 Å². The van der Waals surface area contributed by atoms with Crippen molar-refractivity contribution in [1.29, 1.82) is 0 Å². The summed E-state index contributed by atoms with van der Waals surface area (Å²) >= 11 is 0. The van der Waals surface area contributed by atoms with Crippen molar-refractivity contribution in [1.82, 2.24) is 15.0 Å². The number of pyridine rings is 1. The van der Waals surface area contributed by atoms with Gasteiger partial charge in [-0.25, -0.2) is 9.97 Å². The fourth-order valence-electron chi connectivity index (χ4n) is 10.4. The van der Waals surface area contributed by atoms with Gasteiger partial charge in [0.05, 0.1) is 16.8 Å². The molecule has 0 bridgehead atoms. The maximum Gasteiger partial charge on any atom is 0.160 e. The van der Waals surface area contributed by atoms with E-state index in [0.717, 1.165) is 39.2 Å². The summed E-state index contributed by atoms with van der Waals surface area (Å²) in [5.41, 5.74) is 21.9. The fraction of sp³-hybridized carbons (Fsp3) is 0.0702. The molecule has 3 aliphatic carbocycles. The van der Waals surface area contributed by atoms with Crippen LogP contribution in [0.2, 0.25) is 0 Å². The molecule has 282 valence electrons. The van der Waals surface area contributed by atoms with Crippen molar-refractivity contribution in [2.75, 3.05) is 0 Å². The van der Waals surface area contributed by atoms with Gasteiger partial charge in [0.25, 0.3) is 0 Å². The lowest BCUT2D eigenvalue weighted by molar-refractivity contribution is 0.660. The molecule has 0 saturated heterocycles. The number of rotatable bonds is 4. The highest BCUT2D eigenvalue weighted by Crippen LogP contribution is 2.62. The summed E-state index contributed by atoms with van der Waals surface area (Å²) in [6.07, 6.45) is 8.32. The lowest BCUT2D eigenvalue weighted by Gasteiger charge is -2.36. The standard InChI is InChI=1S/C57H39N3/c1-56(2)48-20-10-7-17-43(48)45-33-52-46(32-51(45)56)44-18-8-11-21-49(44)57(52)47-19-9-6-13-37(47)24-25-38-26-29-41(31-50(38)57)54-34-53(59-55(60-54)40-14-4-3-5-15-40)39-27-22-36(23-28-39)42-16-12-30-58-35-42/h3-35H,1-2H3. The molecule has 9 aromatic rings. The Morgan fingerprint density at radius 2 is 0.950 bits per heavy atom. The third-order valence-electron chi connectivity index (χ3n) is 13.2. The zero-order valence-corrected chi connectivity index (χ0v) is 33.4. The van der Waals surface area contributed by atoms with Crippen LogP contribution in [0.25, 0.3) is 79.4 Å². The van der Waals surface area contributed by atoms with Gasteiger partial charge in [0.15, 0.2) is 5.82 Å². The molecule has 2 aromatic heterocycles. The molecule has 2 heterocycles. The number of aromatic nitrogens is 3. The van der Waals surface area contributed by atoms with E-state index in [9.17, 15) is 0 Å². The summed E-state index contributed by atoms with van der Waals surface area (Å²) in [7, 11) is 0. The van der Waals surface area contributed by atoms with E-state index in [2.05, 4.69) is 195 Å². The predicted octanol–water partition coefficient (Wildman–Crippen LogP) is 13.7. The highest BCUT2D eigenvalue weighted by atomic mass is 14.9. The molecule has 0 saturated carbocycles. The van der Waals surface area contributed by atoms with E-state index in [1.165, 1.54) is 66.8 Å². The monoisotopic (exact) mass is 765 g/mol. The molecule has 3 heteroatoms. The van der Waals surface area contributed by atoms with Crippen molar-refractivity contribution >= 4 is 12.2 Å². The number of hydrogen-bond acceptors (Lipinski definition) is 3. The van der Waals surface area contributed by atoms with Crippen LogP contribution in [0.15, 0.2) is 188 Å². The summed E-state index contributed by atoms with van der Waals surface area (Å²) in [5, 5.41) is 0. The largest absolute Gasteiger partial charge is 0.264 e. The van der Waals surface area contributed by atoms with Crippen LogP contribution in [0.5, 0.6) is 0 Å². The number of benzene rings is 7. The minimum absolute atomic E-state index is 0.111. The molecule has 3 aliphatic rings. The van der Waals surface area contributed by atoms with E-state index in [1.54, 1.807) is 6.20 Å². The minimum Gasteiger partial charge on any atom is -0.264 e. The first-order chi connectivity index (χ1) is 29.5. The Labute approximate surface area is 350 Å². The van der Waals surface area contributed by atoms with Gasteiger partial charge in [0, 0.05) is 34.5 Å². The van der Waals surface area contributed by atoms with Crippen molar-refractivity contribution in [3.8, 4) is 67.3 Å². The van der Waals surface area contributed by atoms with E-state index in [0.29, 0.717) is 5.82 Å². The number of hydrogen-bond donors (Lipinski definition) is 0. The molecule has 1 atom stereocenters. The van der Waals surface area contributed by atoms with Gasteiger partial charge in [-0.2, -0.15) is 0 Å². The van der Waals surface area contributed by atoms with Crippen LogP contribution in [0, 0.1) is 0 Å². The second-order valence-corrected chi connectivity index (χ2v) is 16.8. The van der Waals surface area contributed by atoms with Crippen LogP contribution in [-0.2, 0) is 10.8 Å². The molecule has 7 aromatic carbocycles. The second-order valence-electron chi connectivity index (χ2n) is 16.8. The Morgan fingerprint density at radius 1 is 0.367 bits per heavy atom. The third-order valence-corrected chi connectivity index (χ3v) is 13.2. The Kier molecular flexibility index (Phi) is 7.49. The van der Waals surface area contributed by atoms with Crippen LogP contribution < -0.4 is 0 Å². The average Bonchev–Trinajstić information content (AvgIpc) is 3.66. The topological polar surface area (TPSA) is 38.7 Å². The fourth-order valence-corrected chi connectivity index (χ4v) is 10.4. The molecule has 1 unspecified atom stereocenters. The highest BCUT2D eigenvalue weighted by Gasteiger charge is 2.50. The minimum atomic E-state index is -0.589.